The molecule has 16 heavy (non-hydrogen) atoms. The number of hydrogen-bond donors (Lipinski definition) is 2. The SMILES string of the molecule is CC(O)CCc1nnc2n1CCC(CN)C2. The average Bonchev–Trinajstić information content (AvgIpc) is 2.68. The maximum absolute atomic E-state index is 9.26. The van der Waals surface area contributed by atoms with Crippen molar-refractivity contribution in [3.8, 4) is 0 Å². The van der Waals surface area contributed by atoms with E-state index in [9.17, 15) is 5.11 Å². The topological polar surface area (TPSA) is 77.0 Å². The van der Waals surface area contributed by atoms with E-state index in [0.717, 1.165) is 50.4 Å². The lowest BCUT2D eigenvalue weighted by Gasteiger charge is -2.22. The average molecular weight is 224 g/mol. The zero-order valence-electron chi connectivity index (χ0n) is 9.76. The monoisotopic (exact) mass is 224 g/mol. The van der Waals surface area contributed by atoms with Crippen LogP contribution in [0.5, 0.6) is 0 Å². The van der Waals surface area contributed by atoms with E-state index >= 15 is 0 Å². The Labute approximate surface area is 95.7 Å². The van der Waals surface area contributed by atoms with Crippen LogP contribution in [0, 0.1) is 5.92 Å². The van der Waals surface area contributed by atoms with Gasteiger partial charge in [0.05, 0.1) is 6.10 Å². The fourth-order valence-corrected chi connectivity index (χ4v) is 2.18. The van der Waals surface area contributed by atoms with Gasteiger partial charge in [-0.05, 0) is 32.2 Å². The lowest BCUT2D eigenvalue weighted by atomic mass is 9.98. The summed E-state index contributed by atoms with van der Waals surface area (Å²) in [4.78, 5) is 0. The van der Waals surface area contributed by atoms with E-state index in [1.54, 1.807) is 6.92 Å². The molecule has 0 radical (unpaired) electrons. The molecule has 2 atom stereocenters. The Morgan fingerprint density at radius 2 is 2.38 bits per heavy atom. The van der Waals surface area contributed by atoms with Crippen molar-refractivity contribution in [2.45, 2.75) is 45.3 Å². The van der Waals surface area contributed by atoms with Crippen molar-refractivity contribution in [3.05, 3.63) is 11.6 Å². The Morgan fingerprint density at radius 3 is 3.06 bits per heavy atom. The predicted molar refractivity (Wildman–Crippen MR) is 60.9 cm³/mol. The lowest BCUT2D eigenvalue weighted by Crippen LogP contribution is -2.26. The van der Waals surface area contributed by atoms with E-state index in [1.807, 2.05) is 0 Å². The van der Waals surface area contributed by atoms with Crippen LogP contribution in [0.15, 0.2) is 0 Å². The minimum Gasteiger partial charge on any atom is -0.393 e. The Bertz CT molecular complexity index is 348. The summed E-state index contributed by atoms with van der Waals surface area (Å²) in [5, 5.41) is 17.7. The van der Waals surface area contributed by atoms with Gasteiger partial charge in [-0.2, -0.15) is 0 Å². The maximum Gasteiger partial charge on any atom is 0.133 e. The Kier molecular flexibility index (Phi) is 3.56. The maximum atomic E-state index is 9.26. The van der Waals surface area contributed by atoms with Gasteiger partial charge in [-0.1, -0.05) is 0 Å². The third-order valence-electron chi connectivity index (χ3n) is 3.26. The largest absolute Gasteiger partial charge is 0.393 e. The molecule has 0 saturated heterocycles. The van der Waals surface area contributed by atoms with Gasteiger partial charge in [0.1, 0.15) is 11.6 Å². The molecule has 2 unspecified atom stereocenters. The molecule has 0 bridgehead atoms. The predicted octanol–water partition coefficient (Wildman–Crippen LogP) is 0.113. The second kappa shape index (κ2) is 4.93. The highest BCUT2D eigenvalue weighted by molar-refractivity contribution is 5.01. The van der Waals surface area contributed by atoms with Gasteiger partial charge in [0.25, 0.3) is 0 Å². The van der Waals surface area contributed by atoms with Crippen LogP contribution in [0.4, 0.5) is 0 Å². The third kappa shape index (κ3) is 2.41. The highest BCUT2D eigenvalue weighted by atomic mass is 16.3. The normalized spacial score (nSPS) is 21.8. The molecule has 1 aliphatic rings. The molecule has 0 aromatic carbocycles. The number of fused-ring (bicyclic) bond motifs is 1. The molecular formula is C11H20N4O. The van der Waals surface area contributed by atoms with E-state index in [1.165, 1.54) is 0 Å². The molecule has 5 nitrogen and oxygen atoms in total. The minimum absolute atomic E-state index is 0.270. The number of aromatic nitrogens is 3. The van der Waals surface area contributed by atoms with Gasteiger partial charge in [-0.3, -0.25) is 0 Å². The Balaban J connectivity index is 2.04. The fourth-order valence-electron chi connectivity index (χ4n) is 2.18. The quantitative estimate of drug-likeness (QED) is 0.761. The Morgan fingerprint density at radius 1 is 1.56 bits per heavy atom. The second-order valence-corrected chi connectivity index (χ2v) is 4.67. The molecule has 0 aliphatic carbocycles. The highest BCUT2D eigenvalue weighted by Crippen LogP contribution is 2.20. The number of nitrogens with zero attached hydrogens (tertiary/aromatic N) is 3. The zero-order valence-corrected chi connectivity index (χ0v) is 9.76. The molecule has 5 heteroatoms. The first-order chi connectivity index (χ1) is 7.70. The first-order valence-electron chi connectivity index (χ1n) is 5.99. The van der Waals surface area contributed by atoms with Crippen LogP contribution in [0.3, 0.4) is 0 Å². The molecule has 0 amide bonds. The molecule has 0 saturated carbocycles. The standard InChI is InChI=1S/C11H20N4O/c1-8(16)2-3-10-13-14-11-6-9(7-12)4-5-15(10)11/h8-9,16H,2-7,12H2,1H3. The summed E-state index contributed by atoms with van der Waals surface area (Å²) in [5.74, 6) is 2.62. The molecule has 1 aromatic rings. The van der Waals surface area contributed by atoms with Gasteiger partial charge in [-0.15, -0.1) is 10.2 Å². The van der Waals surface area contributed by atoms with E-state index < -0.39 is 0 Å². The summed E-state index contributed by atoms with van der Waals surface area (Å²) >= 11 is 0. The van der Waals surface area contributed by atoms with Crippen molar-refractivity contribution in [3.63, 3.8) is 0 Å². The molecule has 3 N–H and O–H groups in total. The van der Waals surface area contributed by atoms with E-state index in [-0.39, 0.29) is 6.10 Å². The van der Waals surface area contributed by atoms with Crippen LogP contribution < -0.4 is 5.73 Å². The number of nitrogens with two attached hydrogens (primary N) is 1. The smallest absolute Gasteiger partial charge is 0.133 e. The summed E-state index contributed by atoms with van der Waals surface area (Å²) in [5.41, 5.74) is 5.68. The van der Waals surface area contributed by atoms with Gasteiger partial charge in [-0.25, -0.2) is 0 Å². The van der Waals surface area contributed by atoms with Crippen LogP contribution in [0.25, 0.3) is 0 Å². The van der Waals surface area contributed by atoms with E-state index in [0.29, 0.717) is 5.92 Å². The van der Waals surface area contributed by atoms with Crippen LogP contribution in [-0.4, -0.2) is 32.5 Å². The van der Waals surface area contributed by atoms with Crippen LogP contribution >= 0.6 is 0 Å². The summed E-state index contributed by atoms with van der Waals surface area (Å²) in [7, 11) is 0. The third-order valence-corrected chi connectivity index (χ3v) is 3.26. The van der Waals surface area contributed by atoms with Crippen LogP contribution in [0.2, 0.25) is 0 Å². The van der Waals surface area contributed by atoms with Gasteiger partial charge >= 0.3 is 0 Å². The number of aryl methyl sites for hydroxylation is 1. The number of rotatable bonds is 4. The molecule has 0 fully saturated rings. The highest BCUT2D eigenvalue weighted by Gasteiger charge is 2.21. The summed E-state index contributed by atoms with van der Waals surface area (Å²) < 4.78 is 2.19. The minimum atomic E-state index is -0.270. The van der Waals surface area contributed by atoms with E-state index in [4.69, 9.17) is 5.73 Å². The van der Waals surface area contributed by atoms with Crippen molar-refractivity contribution in [1.82, 2.24) is 14.8 Å². The molecule has 1 aromatic heterocycles. The molecule has 2 rings (SSSR count). The van der Waals surface area contributed by atoms with E-state index in [2.05, 4.69) is 14.8 Å². The molecule has 90 valence electrons. The first kappa shape index (κ1) is 11.5. The van der Waals surface area contributed by atoms with Crippen molar-refractivity contribution in [1.29, 1.82) is 0 Å². The lowest BCUT2D eigenvalue weighted by molar-refractivity contribution is 0.183. The number of hydrogen-bond acceptors (Lipinski definition) is 4. The summed E-state index contributed by atoms with van der Waals surface area (Å²) in [6.07, 6.45) is 3.34. The van der Waals surface area contributed by atoms with Crippen molar-refractivity contribution in [2.24, 2.45) is 11.7 Å². The van der Waals surface area contributed by atoms with Gasteiger partial charge in [0.2, 0.25) is 0 Å². The van der Waals surface area contributed by atoms with Crippen molar-refractivity contribution >= 4 is 0 Å². The summed E-state index contributed by atoms with van der Waals surface area (Å²) in [6.45, 7) is 3.51. The fraction of sp³-hybridized carbons (Fsp3) is 0.818. The first-order valence-corrected chi connectivity index (χ1v) is 5.99. The Hall–Kier alpha value is -0.940. The van der Waals surface area contributed by atoms with Crippen molar-refractivity contribution in [2.75, 3.05) is 6.54 Å². The van der Waals surface area contributed by atoms with Crippen LogP contribution in [0.1, 0.15) is 31.4 Å². The van der Waals surface area contributed by atoms with Crippen molar-refractivity contribution < 1.29 is 5.11 Å². The number of aliphatic hydroxyl groups excluding tert-OH is 1. The number of aliphatic hydroxyl groups is 1. The molecular weight excluding hydrogens is 204 g/mol. The molecule has 2 heterocycles. The van der Waals surface area contributed by atoms with Gasteiger partial charge < -0.3 is 15.4 Å². The second-order valence-electron chi connectivity index (χ2n) is 4.67. The van der Waals surface area contributed by atoms with Gasteiger partial charge in [0, 0.05) is 19.4 Å². The molecule has 0 spiro atoms. The van der Waals surface area contributed by atoms with Gasteiger partial charge in [0.15, 0.2) is 0 Å². The summed E-state index contributed by atoms with van der Waals surface area (Å²) in [6, 6.07) is 0. The zero-order chi connectivity index (χ0) is 11.5. The molecule has 1 aliphatic heterocycles. The van der Waals surface area contributed by atoms with Crippen LogP contribution in [-0.2, 0) is 19.4 Å².